The molecule has 27 heavy (non-hydrogen) atoms. The molecule has 1 saturated heterocycles. The van der Waals surface area contributed by atoms with Crippen LogP contribution in [0, 0.1) is 5.82 Å². The van der Waals surface area contributed by atoms with Crippen LogP contribution in [0.15, 0.2) is 47.4 Å². The van der Waals surface area contributed by atoms with Crippen molar-refractivity contribution in [2.45, 2.75) is 24.3 Å². The molecule has 2 aromatic carbocycles. The summed E-state index contributed by atoms with van der Waals surface area (Å²) in [6.45, 7) is 1.11. The number of rotatable bonds is 5. The quantitative estimate of drug-likeness (QED) is 0.796. The normalized spacial score (nSPS) is 14.4. The highest BCUT2D eigenvalue weighted by atomic mass is 32.2. The van der Waals surface area contributed by atoms with E-state index < -0.39 is 21.6 Å². The molecule has 0 saturated carbocycles. The number of nitrogens with one attached hydrogen (secondary N) is 1. The number of carbonyl (C=O) groups excluding carboxylic acids is 2. The molecule has 1 aliphatic heterocycles. The molecule has 8 heteroatoms. The van der Waals surface area contributed by atoms with E-state index in [9.17, 15) is 22.4 Å². The molecule has 142 valence electrons. The number of sulfone groups is 1. The Labute approximate surface area is 156 Å². The van der Waals surface area contributed by atoms with Crippen LogP contribution in [0.1, 0.15) is 28.8 Å². The molecule has 0 atom stereocenters. The number of hydrogen-bond acceptors (Lipinski definition) is 4. The minimum absolute atomic E-state index is 0.0829. The van der Waals surface area contributed by atoms with Gasteiger partial charge in [0.1, 0.15) is 5.82 Å². The van der Waals surface area contributed by atoms with Crippen molar-refractivity contribution in [1.82, 2.24) is 4.90 Å². The number of benzene rings is 2. The average molecular weight is 390 g/mol. The first-order valence-electron chi connectivity index (χ1n) is 8.42. The number of amides is 2. The summed E-state index contributed by atoms with van der Waals surface area (Å²) in [7, 11) is -3.52. The number of carbonyl (C=O) groups is 2. The van der Waals surface area contributed by atoms with Gasteiger partial charge in [0.15, 0.2) is 9.84 Å². The Bertz CT molecular complexity index is 1000. The number of nitrogens with zero attached hydrogens (tertiary/aromatic N) is 1. The minimum Gasteiger partial charge on any atom is -0.338 e. The summed E-state index contributed by atoms with van der Waals surface area (Å²) in [5.41, 5.74) is 0.884. The Morgan fingerprint density at radius 2 is 2.00 bits per heavy atom. The fourth-order valence-corrected chi connectivity index (χ4v) is 3.57. The lowest BCUT2D eigenvalue weighted by Crippen LogP contribution is -2.24. The Hall–Kier alpha value is -2.74. The van der Waals surface area contributed by atoms with Gasteiger partial charge in [0, 0.05) is 31.3 Å². The van der Waals surface area contributed by atoms with Gasteiger partial charge in [-0.25, -0.2) is 12.8 Å². The van der Waals surface area contributed by atoms with Gasteiger partial charge in [0.2, 0.25) is 5.91 Å². The molecule has 2 aromatic rings. The zero-order valence-corrected chi connectivity index (χ0v) is 15.6. The van der Waals surface area contributed by atoms with Gasteiger partial charge in [-0.05, 0) is 42.3 Å². The molecule has 0 aromatic heterocycles. The number of halogens is 1. The molecule has 6 nitrogen and oxygen atoms in total. The Morgan fingerprint density at radius 1 is 1.22 bits per heavy atom. The van der Waals surface area contributed by atoms with Crippen molar-refractivity contribution >= 4 is 27.3 Å². The first-order chi connectivity index (χ1) is 12.7. The van der Waals surface area contributed by atoms with Gasteiger partial charge in [0.05, 0.1) is 10.6 Å². The van der Waals surface area contributed by atoms with Crippen LogP contribution >= 0.6 is 0 Å². The van der Waals surface area contributed by atoms with Gasteiger partial charge >= 0.3 is 0 Å². The SMILES string of the molecule is CS(=O)(=O)c1ccc(F)c(NC(=O)c2cccc(CN3CCCC3=O)c2)c1. The lowest BCUT2D eigenvalue weighted by atomic mass is 10.1. The number of likely N-dealkylation sites (tertiary alicyclic amines) is 1. The maximum absolute atomic E-state index is 14.0. The van der Waals surface area contributed by atoms with E-state index in [4.69, 9.17) is 0 Å². The monoisotopic (exact) mass is 390 g/mol. The molecule has 3 rings (SSSR count). The van der Waals surface area contributed by atoms with E-state index in [1.807, 2.05) is 6.07 Å². The van der Waals surface area contributed by atoms with Crippen molar-refractivity contribution in [3.05, 3.63) is 59.4 Å². The van der Waals surface area contributed by atoms with E-state index in [1.54, 1.807) is 23.1 Å². The third-order valence-electron chi connectivity index (χ3n) is 4.35. The van der Waals surface area contributed by atoms with E-state index in [0.29, 0.717) is 25.1 Å². The van der Waals surface area contributed by atoms with Crippen LogP contribution in [-0.2, 0) is 21.2 Å². The van der Waals surface area contributed by atoms with Crippen LogP contribution in [0.4, 0.5) is 10.1 Å². The predicted molar refractivity (Wildman–Crippen MR) is 98.6 cm³/mol. The third kappa shape index (κ3) is 4.51. The van der Waals surface area contributed by atoms with Crippen LogP contribution in [0.25, 0.3) is 0 Å². The molecule has 1 N–H and O–H groups in total. The van der Waals surface area contributed by atoms with E-state index in [0.717, 1.165) is 36.4 Å². The third-order valence-corrected chi connectivity index (χ3v) is 5.46. The molecule has 0 bridgehead atoms. The topological polar surface area (TPSA) is 83.6 Å². The van der Waals surface area contributed by atoms with E-state index in [2.05, 4.69) is 5.32 Å². The van der Waals surface area contributed by atoms with Gasteiger partial charge < -0.3 is 10.2 Å². The highest BCUT2D eigenvalue weighted by molar-refractivity contribution is 7.90. The van der Waals surface area contributed by atoms with Crippen molar-refractivity contribution in [3.63, 3.8) is 0 Å². The molecule has 0 spiro atoms. The summed E-state index contributed by atoms with van der Waals surface area (Å²) >= 11 is 0. The van der Waals surface area contributed by atoms with Gasteiger partial charge in [-0.1, -0.05) is 12.1 Å². The molecule has 0 unspecified atom stereocenters. The highest BCUT2D eigenvalue weighted by Gasteiger charge is 2.20. The van der Waals surface area contributed by atoms with Crippen molar-refractivity contribution in [3.8, 4) is 0 Å². The fourth-order valence-electron chi connectivity index (χ4n) is 2.93. The van der Waals surface area contributed by atoms with E-state index >= 15 is 0 Å². The summed E-state index contributed by atoms with van der Waals surface area (Å²) in [4.78, 5) is 25.9. The summed E-state index contributed by atoms with van der Waals surface area (Å²) in [6.07, 6.45) is 2.38. The zero-order chi connectivity index (χ0) is 19.6. The highest BCUT2D eigenvalue weighted by Crippen LogP contribution is 2.21. The second-order valence-corrected chi connectivity index (χ2v) is 8.50. The molecular formula is C19H19FN2O4S. The Kier molecular flexibility index (Phi) is 5.27. The average Bonchev–Trinajstić information content (AvgIpc) is 3.01. The lowest BCUT2D eigenvalue weighted by Gasteiger charge is -2.16. The maximum atomic E-state index is 14.0. The molecule has 2 amide bonds. The number of anilines is 1. The maximum Gasteiger partial charge on any atom is 0.255 e. The van der Waals surface area contributed by atoms with Crippen LogP contribution in [-0.4, -0.2) is 37.9 Å². The summed E-state index contributed by atoms with van der Waals surface area (Å²) in [5, 5.41) is 2.41. The predicted octanol–water partition coefficient (Wildman–Crippen LogP) is 2.60. The molecular weight excluding hydrogens is 371 g/mol. The standard InChI is InChI=1S/C19H19FN2O4S/c1-27(25,26)15-7-8-16(20)17(11-15)21-19(24)14-5-2-4-13(10-14)12-22-9-3-6-18(22)23/h2,4-5,7-8,10-11H,3,6,9,12H2,1H3,(H,21,24). The molecule has 0 radical (unpaired) electrons. The van der Waals surface area contributed by atoms with Gasteiger partial charge in [-0.15, -0.1) is 0 Å². The van der Waals surface area contributed by atoms with Crippen molar-refractivity contribution in [1.29, 1.82) is 0 Å². The van der Waals surface area contributed by atoms with Crippen molar-refractivity contribution in [2.75, 3.05) is 18.1 Å². The van der Waals surface area contributed by atoms with E-state index in [-0.39, 0.29) is 16.5 Å². The lowest BCUT2D eigenvalue weighted by molar-refractivity contribution is -0.128. The summed E-state index contributed by atoms with van der Waals surface area (Å²) < 4.78 is 37.2. The van der Waals surface area contributed by atoms with Gasteiger partial charge in [-0.2, -0.15) is 0 Å². The molecule has 1 aliphatic rings. The van der Waals surface area contributed by atoms with Gasteiger partial charge in [-0.3, -0.25) is 9.59 Å². The van der Waals surface area contributed by atoms with Crippen LogP contribution in [0.5, 0.6) is 0 Å². The van der Waals surface area contributed by atoms with Crippen LogP contribution < -0.4 is 5.32 Å². The van der Waals surface area contributed by atoms with Crippen LogP contribution in [0.3, 0.4) is 0 Å². The van der Waals surface area contributed by atoms with Crippen molar-refractivity contribution in [2.24, 2.45) is 0 Å². The molecule has 1 fully saturated rings. The second-order valence-electron chi connectivity index (χ2n) is 6.49. The second kappa shape index (κ2) is 7.48. The summed E-state index contributed by atoms with van der Waals surface area (Å²) in [5.74, 6) is -1.20. The van der Waals surface area contributed by atoms with Gasteiger partial charge in [0.25, 0.3) is 5.91 Å². The zero-order valence-electron chi connectivity index (χ0n) is 14.7. The Morgan fingerprint density at radius 3 is 2.67 bits per heavy atom. The first-order valence-corrected chi connectivity index (χ1v) is 10.3. The van der Waals surface area contributed by atoms with E-state index in [1.165, 1.54) is 0 Å². The number of hydrogen-bond donors (Lipinski definition) is 1. The largest absolute Gasteiger partial charge is 0.338 e. The minimum atomic E-state index is -3.52. The first kappa shape index (κ1) is 19.0. The summed E-state index contributed by atoms with van der Waals surface area (Å²) in [6, 6.07) is 9.95. The smallest absolute Gasteiger partial charge is 0.255 e. The Balaban J connectivity index is 1.79. The fraction of sp³-hybridized carbons (Fsp3) is 0.263. The van der Waals surface area contributed by atoms with Crippen molar-refractivity contribution < 1.29 is 22.4 Å². The van der Waals surface area contributed by atoms with Crippen LogP contribution in [0.2, 0.25) is 0 Å². The molecule has 0 aliphatic carbocycles. The molecule has 1 heterocycles.